The Hall–Kier alpha value is -1.84. The molecular weight excluding hydrogens is 226 g/mol. The van der Waals surface area contributed by atoms with E-state index >= 15 is 0 Å². The van der Waals surface area contributed by atoms with Crippen LogP contribution >= 0.6 is 0 Å². The summed E-state index contributed by atoms with van der Waals surface area (Å²) in [6.45, 7) is 8.91. The van der Waals surface area contributed by atoms with Gasteiger partial charge in [0.15, 0.2) is 0 Å². The quantitative estimate of drug-likeness (QED) is 0.901. The van der Waals surface area contributed by atoms with Gasteiger partial charge in [0, 0.05) is 12.0 Å². The molecule has 0 atom stereocenters. The number of hydrogen-bond acceptors (Lipinski definition) is 4. The molecule has 96 valence electrons. The molecule has 0 spiro atoms. The standard InChI is InChI=1S/C14H19N3O/c1-10-5-7-11(8-6-10)9-15-13-16-12(18-17-13)14(2,3)4/h5-8H,9H2,1-4H3,(H,15,17). The molecule has 1 N–H and O–H groups in total. The average molecular weight is 245 g/mol. The number of aromatic nitrogens is 2. The van der Waals surface area contributed by atoms with Gasteiger partial charge in [-0.25, -0.2) is 0 Å². The number of aryl methyl sites for hydroxylation is 1. The van der Waals surface area contributed by atoms with Gasteiger partial charge in [0.05, 0.1) is 0 Å². The lowest BCUT2D eigenvalue weighted by molar-refractivity contribution is 0.321. The lowest BCUT2D eigenvalue weighted by Crippen LogP contribution is -2.11. The summed E-state index contributed by atoms with van der Waals surface area (Å²) in [6.07, 6.45) is 0. The molecule has 0 fully saturated rings. The summed E-state index contributed by atoms with van der Waals surface area (Å²) in [5.74, 6) is 1.19. The summed E-state index contributed by atoms with van der Waals surface area (Å²) in [4.78, 5) is 4.33. The van der Waals surface area contributed by atoms with Gasteiger partial charge in [0.25, 0.3) is 5.95 Å². The number of benzene rings is 1. The van der Waals surface area contributed by atoms with E-state index in [1.807, 2.05) is 20.8 Å². The van der Waals surface area contributed by atoms with Crippen LogP contribution in [0.25, 0.3) is 0 Å². The molecule has 0 amide bonds. The van der Waals surface area contributed by atoms with Crippen LogP contribution in [0.3, 0.4) is 0 Å². The second-order valence-corrected chi connectivity index (χ2v) is 5.51. The van der Waals surface area contributed by atoms with Crippen molar-refractivity contribution in [1.82, 2.24) is 10.1 Å². The van der Waals surface area contributed by atoms with Gasteiger partial charge in [-0.05, 0) is 17.6 Å². The van der Waals surface area contributed by atoms with E-state index in [1.54, 1.807) is 0 Å². The zero-order chi connectivity index (χ0) is 13.2. The zero-order valence-corrected chi connectivity index (χ0v) is 11.3. The Balaban J connectivity index is 1.98. The fourth-order valence-electron chi connectivity index (χ4n) is 1.49. The lowest BCUT2D eigenvalue weighted by Gasteiger charge is -2.10. The maximum absolute atomic E-state index is 5.21. The third-order valence-corrected chi connectivity index (χ3v) is 2.64. The molecule has 18 heavy (non-hydrogen) atoms. The Labute approximate surface area is 107 Å². The first-order valence-corrected chi connectivity index (χ1v) is 6.09. The van der Waals surface area contributed by atoms with E-state index in [1.165, 1.54) is 11.1 Å². The predicted molar refractivity (Wildman–Crippen MR) is 71.5 cm³/mol. The summed E-state index contributed by atoms with van der Waals surface area (Å²) in [5.41, 5.74) is 2.34. The van der Waals surface area contributed by atoms with Gasteiger partial charge in [0.1, 0.15) is 0 Å². The van der Waals surface area contributed by atoms with Crippen molar-refractivity contribution in [3.8, 4) is 0 Å². The smallest absolute Gasteiger partial charge is 0.263 e. The molecule has 1 aromatic heterocycles. The summed E-state index contributed by atoms with van der Waals surface area (Å²) < 4.78 is 5.21. The minimum Gasteiger partial charge on any atom is -0.348 e. The predicted octanol–water partition coefficient (Wildman–Crippen LogP) is 3.29. The van der Waals surface area contributed by atoms with E-state index < -0.39 is 0 Å². The van der Waals surface area contributed by atoms with E-state index in [9.17, 15) is 0 Å². The highest BCUT2D eigenvalue weighted by molar-refractivity contribution is 5.28. The summed E-state index contributed by atoms with van der Waals surface area (Å²) >= 11 is 0. The molecule has 1 heterocycles. The van der Waals surface area contributed by atoms with Crippen LogP contribution in [0.2, 0.25) is 0 Å². The Morgan fingerprint density at radius 2 is 1.83 bits per heavy atom. The first-order valence-electron chi connectivity index (χ1n) is 6.09. The van der Waals surface area contributed by atoms with Crippen LogP contribution < -0.4 is 5.32 Å². The molecule has 0 aliphatic carbocycles. The van der Waals surface area contributed by atoms with E-state index in [2.05, 4.69) is 46.6 Å². The topological polar surface area (TPSA) is 51.0 Å². The van der Waals surface area contributed by atoms with E-state index in [-0.39, 0.29) is 5.41 Å². The molecule has 2 rings (SSSR count). The molecule has 0 unspecified atom stereocenters. The van der Waals surface area contributed by atoms with Gasteiger partial charge in [-0.15, -0.1) is 0 Å². The van der Waals surface area contributed by atoms with Crippen LogP contribution in [0, 0.1) is 6.92 Å². The molecule has 4 heteroatoms. The molecule has 0 radical (unpaired) electrons. The highest BCUT2D eigenvalue weighted by Gasteiger charge is 2.21. The van der Waals surface area contributed by atoms with Gasteiger partial charge in [-0.2, -0.15) is 4.98 Å². The Kier molecular flexibility index (Phi) is 3.36. The number of anilines is 1. The van der Waals surface area contributed by atoms with Gasteiger partial charge in [0.2, 0.25) is 5.89 Å². The van der Waals surface area contributed by atoms with Crippen molar-refractivity contribution in [3.05, 3.63) is 41.3 Å². The molecule has 0 saturated heterocycles. The van der Waals surface area contributed by atoms with Crippen molar-refractivity contribution in [2.24, 2.45) is 0 Å². The third-order valence-electron chi connectivity index (χ3n) is 2.64. The molecule has 0 aliphatic heterocycles. The SMILES string of the molecule is Cc1ccc(CNc2noc(C(C)(C)C)n2)cc1. The second-order valence-electron chi connectivity index (χ2n) is 5.51. The van der Waals surface area contributed by atoms with Crippen molar-refractivity contribution in [2.45, 2.75) is 39.7 Å². The molecule has 0 saturated carbocycles. The molecule has 1 aromatic carbocycles. The van der Waals surface area contributed by atoms with Crippen molar-refractivity contribution < 1.29 is 4.52 Å². The summed E-state index contributed by atoms with van der Waals surface area (Å²) in [5, 5.41) is 7.07. The first kappa shape index (κ1) is 12.6. The first-order chi connectivity index (χ1) is 8.45. The maximum atomic E-state index is 5.21. The van der Waals surface area contributed by atoms with Crippen molar-refractivity contribution in [1.29, 1.82) is 0 Å². The average Bonchev–Trinajstić information content (AvgIpc) is 2.77. The van der Waals surface area contributed by atoms with Crippen LogP contribution in [-0.2, 0) is 12.0 Å². The van der Waals surface area contributed by atoms with Crippen LogP contribution in [0.1, 0.15) is 37.8 Å². The molecule has 4 nitrogen and oxygen atoms in total. The van der Waals surface area contributed by atoms with Crippen LogP contribution in [-0.4, -0.2) is 10.1 Å². The van der Waals surface area contributed by atoms with Crippen LogP contribution in [0.15, 0.2) is 28.8 Å². The minimum absolute atomic E-state index is 0.114. The largest absolute Gasteiger partial charge is 0.348 e. The molecule has 2 aromatic rings. The normalized spacial score (nSPS) is 11.6. The Morgan fingerprint density at radius 1 is 1.17 bits per heavy atom. The Morgan fingerprint density at radius 3 is 2.39 bits per heavy atom. The minimum atomic E-state index is -0.114. The molecular formula is C14H19N3O. The van der Waals surface area contributed by atoms with E-state index in [0.717, 1.165) is 0 Å². The van der Waals surface area contributed by atoms with Crippen molar-refractivity contribution in [3.63, 3.8) is 0 Å². The number of rotatable bonds is 3. The number of hydrogen-bond donors (Lipinski definition) is 1. The summed E-state index contributed by atoms with van der Waals surface area (Å²) in [7, 11) is 0. The summed E-state index contributed by atoms with van der Waals surface area (Å²) in [6, 6.07) is 8.36. The fourth-order valence-corrected chi connectivity index (χ4v) is 1.49. The van der Waals surface area contributed by atoms with Gasteiger partial charge in [-0.3, -0.25) is 0 Å². The monoisotopic (exact) mass is 245 g/mol. The lowest BCUT2D eigenvalue weighted by atomic mass is 9.97. The Bertz CT molecular complexity index is 509. The number of nitrogens with zero attached hydrogens (tertiary/aromatic N) is 2. The van der Waals surface area contributed by atoms with E-state index in [0.29, 0.717) is 18.4 Å². The van der Waals surface area contributed by atoms with Crippen LogP contribution in [0.4, 0.5) is 5.95 Å². The molecule has 0 bridgehead atoms. The van der Waals surface area contributed by atoms with Crippen molar-refractivity contribution >= 4 is 5.95 Å². The van der Waals surface area contributed by atoms with Gasteiger partial charge >= 0.3 is 0 Å². The molecule has 0 aliphatic rings. The number of nitrogens with one attached hydrogen (secondary N) is 1. The fraction of sp³-hybridized carbons (Fsp3) is 0.429. The second kappa shape index (κ2) is 4.80. The highest BCUT2D eigenvalue weighted by Crippen LogP contribution is 2.21. The van der Waals surface area contributed by atoms with E-state index in [4.69, 9.17) is 4.52 Å². The van der Waals surface area contributed by atoms with Gasteiger partial charge < -0.3 is 9.84 Å². The van der Waals surface area contributed by atoms with Crippen LogP contribution in [0.5, 0.6) is 0 Å². The highest BCUT2D eigenvalue weighted by atomic mass is 16.5. The van der Waals surface area contributed by atoms with Crippen molar-refractivity contribution in [2.75, 3.05) is 5.32 Å². The third kappa shape index (κ3) is 3.09. The maximum Gasteiger partial charge on any atom is 0.263 e. The zero-order valence-electron chi connectivity index (χ0n) is 11.3. The van der Waals surface area contributed by atoms with Gasteiger partial charge in [-0.1, -0.05) is 50.6 Å².